The van der Waals surface area contributed by atoms with Crippen LogP contribution in [0.1, 0.15) is 45.7 Å². The number of fused-ring (bicyclic) bond motifs is 2. The number of hydrogen-bond donors (Lipinski definition) is 3. The highest BCUT2D eigenvalue weighted by molar-refractivity contribution is 5.94. The number of H-pyrrole nitrogens is 1. The molecule has 2 heterocycles. The SMILES string of the molecule is Cc1cc([C@@H](C)Nc2ccccc2C(=O)O)c2oc(-c3ccc4[nH]c(C)cc4c3)c(C)c(=O)c2c1. The Morgan fingerprint density at radius 2 is 1.80 bits per heavy atom. The van der Waals surface area contributed by atoms with Gasteiger partial charge in [-0.15, -0.1) is 0 Å². The number of carboxylic acid groups (broad SMARTS) is 1. The minimum absolute atomic E-state index is 0.0744. The smallest absolute Gasteiger partial charge is 0.337 e. The quantitative estimate of drug-likeness (QED) is 0.267. The topological polar surface area (TPSA) is 95.3 Å². The predicted octanol–water partition coefficient (Wildman–Crippen LogP) is 6.74. The van der Waals surface area contributed by atoms with Gasteiger partial charge in [0.1, 0.15) is 11.3 Å². The fourth-order valence-electron chi connectivity index (χ4n) is 4.69. The minimum atomic E-state index is -1.01. The Balaban J connectivity index is 1.68. The van der Waals surface area contributed by atoms with Crippen LogP contribution in [0.25, 0.3) is 33.2 Å². The molecule has 2 aromatic heterocycles. The number of carboxylic acids is 1. The van der Waals surface area contributed by atoms with E-state index in [2.05, 4.69) is 16.4 Å². The molecule has 3 aromatic carbocycles. The number of hydrogen-bond acceptors (Lipinski definition) is 4. The van der Waals surface area contributed by atoms with E-state index in [0.29, 0.717) is 28.0 Å². The van der Waals surface area contributed by atoms with E-state index in [0.717, 1.165) is 33.3 Å². The number of aryl methyl sites for hydroxylation is 2. The van der Waals surface area contributed by atoms with Crippen molar-refractivity contribution in [3.8, 4) is 11.3 Å². The highest BCUT2D eigenvalue weighted by atomic mass is 16.4. The first-order valence-corrected chi connectivity index (χ1v) is 11.5. The van der Waals surface area contributed by atoms with E-state index in [-0.39, 0.29) is 17.0 Å². The molecule has 0 aliphatic rings. The summed E-state index contributed by atoms with van der Waals surface area (Å²) in [5.74, 6) is -0.472. The molecule has 0 saturated carbocycles. The van der Waals surface area contributed by atoms with Crippen molar-refractivity contribution in [1.29, 1.82) is 0 Å². The summed E-state index contributed by atoms with van der Waals surface area (Å²) < 4.78 is 6.47. The van der Waals surface area contributed by atoms with Crippen LogP contribution in [0.15, 0.2) is 69.9 Å². The number of rotatable bonds is 5. The lowest BCUT2D eigenvalue weighted by molar-refractivity contribution is 0.0698. The summed E-state index contributed by atoms with van der Waals surface area (Å²) in [6.07, 6.45) is 0. The monoisotopic (exact) mass is 466 g/mol. The van der Waals surface area contributed by atoms with Gasteiger partial charge in [0.05, 0.1) is 17.0 Å². The first kappa shape index (κ1) is 22.5. The molecule has 0 fully saturated rings. The summed E-state index contributed by atoms with van der Waals surface area (Å²) in [6.45, 7) is 7.67. The first-order valence-electron chi connectivity index (χ1n) is 11.5. The van der Waals surface area contributed by atoms with Crippen molar-refractivity contribution in [2.75, 3.05) is 5.32 Å². The molecule has 0 unspecified atom stereocenters. The molecule has 3 N–H and O–H groups in total. The average Bonchev–Trinajstić information content (AvgIpc) is 3.20. The normalized spacial score (nSPS) is 12.2. The number of carbonyl (C=O) groups is 1. The number of aromatic amines is 1. The van der Waals surface area contributed by atoms with Gasteiger partial charge in [0.2, 0.25) is 0 Å². The van der Waals surface area contributed by atoms with Crippen molar-refractivity contribution in [3.63, 3.8) is 0 Å². The predicted molar refractivity (Wildman–Crippen MR) is 139 cm³/mol. The van der Waals surface area contributed by atoms with Gasteiger partial charge in [0, 0.05) is 39.0 Å². The molecule has 35 heavy (non-hydrogen) atoms. The maximum absolute atomic E-state index is 13.5. The fraction of sp³-hybridized carbons (Fsp3) is 0.172. The maximum atomic E-state index is 13.5. The lowest BCUT2D eigenvalue weighted by Gasteiger charge is -2.20. The summed E-state index contributed by atoms with van der Waals surface area (Å²) >= 11 is 0. The zero-order valence-electron chi connectivity index (χ0n) is 20.0. The van der Waals surface area contributed by atoms with E-state index in [4.69, 9.17) is 4.42 Å². The van der Waals surface area contributed by atoms with Gasteiger partial charge in [-0.05, 0) is 75.7 Å². The van der Waals surface area contributed by atoms with Crippen LogP contribution < -0.4 is 10.7 Å². The number of anilines is 1. The summed E-state index contributed by atoms with van der Waals surface area (Å²) in [5.41, 5.74) is 6.30. The third-order valence-corrected chi connectivity index (χ3v) is 6.41. The van der Waals surface area contributed by atoms with E-state index in [1.165, 1.54) is 0 Å². The van der Waals surface area contributed by atoms with Crippen molar-refractivity contribution in [1.82, 2.24) is 4.98 Å². The molecule has 6 nitrogen and oxygen atoms in total. The van der Waals surface area contributed by atoms with Gasteiger partial charge in [-0.2, -0.15) is 0 Å². The van der Waals surface area contributed by atoms with Crippen molar-refractivity contribution >= 4 is 33.5 Å². The second-order valence-corrected chi connectivity index (χ2v) is 9.09. The van der Waals surface area contributed by atoms with Gasteiger partial charge < -0.3 is 19.8 Å². The van der Waals surface area contributed by atoms with Gasteiger partial charge in [-0.1, -0.05) is 18.2 Å². The van der Waals surface area contributed by atoms with Crippen LogP contribution in [0.4, 0.5) is 5.69 Å². The van der Waals surface area contributed by atoms with E-state index < -0.39 is 5.97 Å². The summed E-state index contributed by atoms with van der Waals surface area (Å²) in [5, 5.41) is 14.4. The van der Waals surface area contributed by atoms with Gasteiger partial charge in [0.15, 0.2) is 5.43 Å². The molecule has 0 spiro atoms. The van der Waals surface area contributed by atoms with Crippen LogP contribution in [0, 0.1) is 20.8 Å². The molecular weight excluding hydrogens is 440 g/mol. The van der Waals surface area contributed by atoms with Crippen LogP contribution in [0.2, 0.25) is 0 Å². The van der Waals surface area contributed by atoms with Gasteiger partial charge >= 0.3 is 5.97 Å². The Morgan fingerprint density at radius 3 is 2.57 bits per heavy atom. The van der Waals surface area contributed by atoms with E-state index in [9.17, 15) is 14.7 Å². The molecule has 176 valence electrons. The standard InChI is InChI=1S/C29H26N2O4/c1-15-11-22(18(4)31-25-8-6-5-7-21(25)29(33)34)28-23(12-15)26(32)17(3)27(35-28)19-9-10-24-20(14-19)13-16(2)30-24/h5-14,18,30-31H,1-4H3,(H,33,34)/t18-/m1/s1. The van der Waals surface area contributed by atoms with Crippen LogP contribution in [-0.4, -0.2) is 16.1 Å². The maximum Gasteiger partial charge on any atom is 0.337 e. The number of aromatic carboxylic acids is 1. The molecule has 0 bridgehead atoms. The number of benzene rings is 3. The van der Waals surface area contributed by atoms with Crippen molar-refractivity contribution in [2.24, 2.45) is 0 Å². The van der Waals surface area contributed by atoms with E-state index in [1.807, 2.05) is 51.1 Å². The average molecular weight is 467 g/mol. The van der Waals surface area contributed by atoms with Crippen LogP contribution >= 0.6 is 0 Å². The molecule has 0 saturated heterocycles. The Morgan fingerprint density at radius 1 is 1.03 bits per heavy atom. The molecule has 0 aliphatic heterocycles. The molecule has 5 aromatic rings. The molecule has 0 aliphatic carbocycles. The summed E-state index contributed by atoms with van der Waals surface area (Å²) in [6, 6.07) is 18.3. The van der Waals surface area contributed by atoms with Gasteiger partial charge in [0.25, 0.3) is 0 Å². The Kier molecular flexibility index (Phi) is 5.44. The Bertz CT molecular complexity index is 1680. The summed E-state index contributed by atoms with van der Waals surface area (Å²) in [7, 11) is 0. The first-order chi connectivity index (χ1) is 16.7. The van der Waals surface area contributed by atoms with Crippen LogP contribution in [0.3, 0.4) is 0 Å². The molecular formula is C29H26N2O4. The highest BCUT2D eigenvalue weighted by Gasteiger charge is 2.20. The Labute approximate surface area is 202 Å². The summed E-state index contributed by atoms with van der Waals surface area (Å²) in [4.78, 5) is 28.5. The fourth-order valence-corrected chi connectivity index (χ4v) is 4.69. The van der Waals surface area contributed by atoms with Crippen molar-refractivity contribution < 1.29 is 14.3 Å². The highest BCUT2D eigenvalue weighted by Crippen LogP contribution is 2.33. The zero-order valence-corrected chi connectivity index (χ0v) is 20.0. The van der Waals surface area contributed by atoms with Crippen LogP contribution in [0.5, 0.6) is 0 Å². The zero-order chi connectivity index (χ0) is 24.9. The number of nitrogens with one attached hydrogen (secondary N) is 2. The lowest BCUT2D eigenvalue weighted by Crippen LogP contribution is -2.14. The molecule has 1 atom stereocenters. The van der Waals surface area contributed by atoms with Gasteiger partial charge in [-0.3, -0.25) is 4.79 Å². The number of para-hydroxylation sites is 1. The molecule has 0 amide bonds. The van der Waals surface area contributed by atoms with Crippen molar-refractivity contribution in [2.45, 2.75) is 33.7 Å². The van der Waals surface area contributed by atoms with E-state index in [1.54, 1.807) is 31.2 Å². The second kappa shape index (κ2) is 8.47. The second-order valence-electron chi connectivity index (χ2n) is 9.09. The van der Waals surface area contributed by atoms with Gasteiger partial charge in [-0.25, -0.2) is 4.79 Å². The molecule has 6 heteroatoms. The molecule has 5 rings (SSSR count). The third-order valence-electron chi connectivity index (χ3n) is 6.41. The van der Waals surface area contributed by atoms with E-state index >= 15 is 0 Å². The van der Waals surface area contributed by atoms with Crippen LogP contribution in [-0.2, 0) is 0 Å². The van der Waals surface area contributed by atoms with Crippen molar-refractivity contribution in [3.05, 3.63) is 98.8 Å². The minimum Gasteiger partial charge on any atom is -0.478 e. The molecule has 0 radical (unpaired) electrons. The largest absolute Gasteiger partial charge is 0.478 e. The third kappa shape index (κ3) is 3.97. The lowest BCUT2D eigenvalue weighted by atomic mass is 9.98. The number of aromatic nitrogens is 1. The Hall–Kier alpha value is -4.32.